The SMILES string of the molecule is COc1ccc(C)cc1CNCCCCCCC(C)C. The van der Waals surface area contributed by atoms with Crippen molar-refractivity contribution in [1.29, 1.82) is 0 Å². The van der Waals surface area contributed by atoms with Gasteiger partial charge in [-0.3, -0.25) is 0 Å². The van der Waals surface area contributed by atoms with Crippen molar-refractivity contribution in [2.45, 2.75) is 59.4 Å². The van der Waals surface area contributed by atoms with E-state index in [1.54, 1.807) is 7.11 Å². The Balaban J connectivity index is 2.13. The zero-order chi connectivity index (χ0) is 14.8. The lowest BCUT2D eigenvalue weighted by molar-refractivity contribution is 0.407. The van der Waals surface area contributed by atoms with Gasteiger partial charge in [-0.25, -0.2) is 0 Å². The standard InChI is InChI=1S/C18H31NO/c1-15(2)9-7-5-6-8-12-19-14-17-13-16(3)10-11-18(17)20-4/h10-11,13,15,19H,5-9,12,14H2,1-4H3. The first-order chi connectivity index (χ1) is 9.63. The Labute approximate surface area is 124 Å². The third-order valence-electron chi connectivity index (χ3n) is 3.64. The molecule has 0 fully saturated rings. The molecular formula is C18H31NO. The fourth-order valence-electron chi connectivity index (χ4n) is 2.42. The van der Waals surface area contributed by atoms with E-state index in [1.165, 1.54) is 43.2 Å². The van der Waals surface area contributed by atoms with Gasteiger partial charge in [-0.15, -0.1) is 0 Å². The topological polar surface area (TPSA) is 21.3 Å². The van der Waals surface area contributed by atoms with E-state index in [0.29, 0.717) is 0 Å². The molecule has 0 bridgehead atoms. The molecule has 0 spiro atoms. The van der Waals surface area contributed by atoms with Gasteiger partial charge >= 0.3 is 0 Å². The number of rotatable bonds is 10. The summed E-state index contributed by atoms with van der Waals surface area (Å²) < 4.78 is 5.39. The van der Waals surface area contributed by atoms with E-state index in [0.717, 1.165) is 24.8 Å². The van der Waals surface area contributed by atoms with Crippen molar-refractivity contribution in [1.82, 2.24) is 5.32 Å². The molecule has 1 N–H and O–H groups in total. The fourth-order valence-corrected chi connectivity index (χ4v) is 2.42. The van der Waals surface area contributed by atoms with Crippen LogP contribution in [0.2, 0.25) is 0 Å². The third kappa shape index (κ3) is 6.95. The van der Waals surface area contributed by atoms with Gasteiger partial charge in [0.2, 0.25) is 0 Å². The number of hydrogen-bond acceptors (Lipinski definition) is 2. The largest absolute Gasteiger partial charge is 0.496 e. The third-order valence-corrected chi connectivity index (χ3v) is 3.64. The molecule has 20 heavy (non-hydrogen) atoms. The fraction of sp³-hybridized carbons (Fsp3) is 0.667. The van der Waals surface area contributed by atoms with Gasteiger partial charge in [0.1, 0.15) is 5.75 Å². The maximum absolute atomic E-state index is 5.39. The highest BCUT2D eigenvalue weighted by Gasteiger charge is 2.02. The van der Waals surface area contributed by atoms with Crippen molar-refractivity contribution in [3.63, 3.8) is 0 Å². The predicted octanol–water partition coefficient (Wildman–Crippen LogP) is 4.70. The molecule has 0 unspecified atom stereocenters. The summed E-state index contributed by atoms with van der Waals surface area (Å²) in [6.45, 7) is 8.72. The number of aryl methyl sites for hydroxylation is 1. The molecule has 0 aliphatic carbocycles. The van der Waals surface area contributed by atoms with Crippen LogP contribution in [0.25, 0.3) is 0 Å². The molecule has 114 valence electrons. The Hall–Kier alpha value is -1.02. The van der Waals surface area contributed by atoms with Crippen LogP contribution in [-0.2, 0) is 6.54 Å². The molecule has 0 aromatic heterocycles. The molecule has 0 saturated carbocycles. The van der Waals surface area contributed by atoms with Gasteiger partial charge in [-0.1, -0.05) is 57.2 Å². The first kappa shape index (κ1) is 17.0. The van der Waals surface area contributed by atoms with Crippen molar-refractivity contribution in [2.24, 2.45) is 5.92 Å². The average molecular weight is 277 g/mol. The zero-order valence-corrected chi connectivity index (χ0v) is 13.7. The molecule has 1 aromatic carbocycles. The molecule has 0 heterocycles. The highest BCUT2D eigenvalue weighted by Crippen LogP contribution is 2.19. The van der Waals surface area contributed by atoms with Crippen LogP contribution >= 0.6 is 0 Å². The summed E-state index contributed by atoms with van der Waals surface area (Å²) in [5.74, 6) is 1.84. The predicted molar refractivity (Wildman–Crippen MR) is 87.4 cm³/mol. The van der Waals surface area contributed by atoms with Crippen molar-refractivity contribution in [3.05, 3.63) is 29.3 Å². The van der Waals surface area contributed by atoms with Gasteiger partial charge in [0.05, 0.1) is 7.11 Å². The van der Waals surface area contributed by atoms with Crippen LogP contribution < -0.4 is 10.1 Å². The molecule has 0 atom stereocenters. The van der Waals surface area contributed by atoms with Crippen LogP contribution in [0.3, 0.4) is 0 Å². The lowest BCUT2D eigenvalue weighted by Gasteiger charge is -2.10. The van der Waals surface area contributed by atoms with Crippen LogP contribution in [0.4, 0.5) is 0 Å². The van der Waals surface area contributed by atoms with E-state index in [9.17, 15) is 0 Å². The summed E-state index contributed by atoms with van der Waals surface area (Å²) in [4.78, 5) is 0. The van der Waals surface area contributed by atoms with Gasteiger partial charge in [-0.05, 0) is 31.9 Å². The van der Waals surface area contributed by atoms with Crippen LogP contribution in [0.5, 0.6) is 5.75 Å². The van der Waals surface area contributed by atoms with Gasteiger partial charge < -0.3 is 10.1 Å². The van der Waals surface area contributed by atoms with Crippen molar-refractivity contribution in [2.75, 3.05) is 13.7 Å². The van der Waals surface area contributed by atoms with Crippen LogP contribution in [-0.4, -0.2) is 13.7 Å². The van der Waals surface area contributed by atoms with Crippen LogP contribution in [0.15, 0.2) is 18.2 Å². The lowest BCUT2D eigenvalue weighted by Crippen LogP contribution is -2.15. The summed E-state index contributed by atoms with van der Waals surface area (Å²) in [5, 5.41) is 3.52. The van der Waals surface area contributed by atoms with Gasteiger partial charge in [0.25, 0.3) is 0 Å². The second kappa shape index (κ2) is 9.82. The number of unbranched alkanes of at least 4 members (excludes halogenated alkanes) is 3. The summed E-state index contributed by atoms with van der Waals surface area (Å²) in [6.07, 6.45) is 6.72. The molecule has 2 nitrogen and oxygen atoms in total. The van der Waals surface area contributed by atoms with Crippen molar-refractivity contribution >= 4 is 0 Å². The van der Waals surface area contributed by atoms with Crippen LogP contribution in [0, 0.1) is 12.8 Å². The number of benzene rings is 1. The summed E-state index contributed by atoms with van der Waals surface area (Å²) in [5.41, 5.74) is 2.54. The molecule has 0 saturated heterocycles. The summed E-state index contributed by atoms with van der Waals surface area (Å²) in [6, 6.07) is 6.35. The normalized spacial score (nSPS) is 11.1. The minimum atomic E-state index is 0.849. The first-order valence-corrected chi connectivity index (χ1v) is 7.97. The minimum Gasteiger partial charge on any atom is -0.496 e. The molecule has 2 heteroatoms. The maximum atomic E-state index is 5.39. The highest BCUT2D eigenvalue weighted by molar-refractivity contribution is 5.36. The van der Waals surface area contributed by atoms with Gasteiger partial charge in [-0.2, -0.15) is 0 Å². The number of nitrogens with one attached hydrogen (secondary N) is 1. The number of ether oxygens (including phenoxy) is 1. The first-order valence-electron chi connectivity index (χ1n) is 7.97. The Morgan fingerprint density at radius 2 is 1.85 bits per heavy atom. The van der Waals surface area contributed by atoms with Crippen molar-refractivity contribution in [3.8, 4) is 5.75 Å². The summed E-state index contributed by atoms with van der Waals surface area (Å²) in [7, 11) is 1.74. The molecule has 0 amide bonds. The van der Waals surface area contributed by atoms with E-state index >= 15 is 0 Å². The van der Waals surface area contributed by atoms with Crippen molar-refractivity contribution < 1.29 is 4.74 Å². The maximum Gasteiger partial charge on any atom is 0.123 e. The van der Waals surface area contributed by atoms with Gasteiger partial charge in [0.15, 0.2) is 0 Å². The van der Waals surface area contributed by atoms with E-state index < -0.39 is 0 Å². The Kier molecular flexibility index (Phi) is 8.36. The van der Waals surface area contributed by atoms with Gasteiger partial charge in [0, 0.05) is 12.1 Å². The van der Waals surface area contributed by atoms with E-state index in [2.05, 4.69) is 44.3 Å². The Morgan fingerprint density at radius 1 is 1.10 bits per heavy atom. The van der Waals surface area contributed by atoms with E-state index in [4.69, 9.17) is 4.74 Å². The second-order valence-electron chi connectivity index (χ2n) is 6.09. The second-order valence-corrected chi connectivity index (χ2v) is 6.09. The molecule has 0 aliphatic heterocycles. The number of hydrogen-bond donors (Lipinski definition) is 1. The average Bonchev–Trinajstić information content (AvgIpc) is 2.41. The highest BCUT2D eigenvalue weighted by atomic mass is 16.5. The lowest BCUT2D eigenvalue weighted by atomic mass is 10.0. The van der Waals surface area contributed by atoms with E-state index in [1.807, 2.05) is 0 Å². The monoisotopic (exact) mass is 277 g/mol. The number of methoxy groups -OCH3 is 1. The minimum absolute atomic E-state index is 0.849. The summed E-state index contributed by atoms with van der Waals surface area (Å²) >= 11 is 0. The van der Waals surface area contributed by atoms with E-state index in [-0.39, 0.29) is 0 Å². The van der Waals surface area contributed by atoms with Crippen LogP contribution in [0.1, 0.15) is 57.1 Å². The smallest absolute Gasteiger partial charge is 0.123 e. The Bertz CT molecular complexity index is 374. The molecule has 1 aromatic rings. The molecule has 1 rings (SSSR count). The Morgan fingerprint density at radius 3 is 2.55 bits per heavy atom. The molecule has 0 radical (unpaired) electrons. The quantitative estimate of drug-likeness (QED) is 0.626. The molecular weight excluding hydrogens is 246 g/mol. The molecule has 0 aliphatic rings. The zero-order valence-electron chi connectivity index (χ0n) is 13.7.